The number of rotatable bonds is 5. The van der Waals surface area contributed by atoms with E-state index >= 15 is 0 Å². The van der Waals surface area contributed by atoms with Gasteiger partial charge in [0.05, 0.1) is 12.1 Å². The lowest BCUT2D eigenvalue weighted by molar-refractivity contribution is -0.127. The van der Waals surface area contributed by atoms with Crippen LogP contribution >= 0.6 is 0 Å². The van der Waals surface area contributed by atoms with Gasteiger partial charge in [0.2, 0.25) is 0 Å². The summed E-state index contributed by atoms with van der Waals surface area (Å²) < 4.78 is 0. The van der Waals surface area contributed by atoms with Gasteiger partial charge in [0.15, 0.2) is 11.6 Å². The molecule has 1 N–H and O–H groups in total. The normalized spacial score (nSPS) is 17.5. The Bertz CT molecular complexity index is 590. The van der Waals surface area contributed by atoms with E-state index < -0.39 is 0 Å². The number of hydrogen-bond donors (Lipinski definition) is 1. The van der Waals surface area contributed by atoms with Gasteiger partial charge in [0, 0.05) is 18.5 Å². The molecular weight excluding hydrogens is 286 g/mol. The van der Waals surface area contributed by atoms with Gasteiger partial charge in [-0.05, 0) is 23.3 Å². The standard InChI is InChI=1S/C20H26NO2/c1-14(2)10-16(21-13-15-8-6-5-7-9-15)19-17(22)11-20(3,4)12-18(19)23/h5-9,13-14,21H,10-12H2,1-4H3. The summed E-state index contributed by atoms with van der Waals surface area (Å²) in [5, 5.41) is 3.24. The van der Waals surface area contributed by atoms with Crippen LogP contribution in [0.25, 0.3) is 0 Å². The highest BCUT2D eigenvalue weighted by atomic mass is 16.2. The van der Waals surface area contributed by atoms with Gasteiger partial charge in [-0.15, -0.1) is 0 Å². The second-order valence-corrected chi connectivity index (χ2v) is 7.52. The van der Waals surface area contributed by atoms with Crippen molar-refractivity contribution in [1.82, 2.24) is 5.32 Å². The van der Waals surface area contributed by atoms with E-state index in [1.165, 1.54) is 0 Å². The maximum atomic E-state index is 12.5. The van der Waals surface area contributed by atoms with Crippen LogP contribution in [0.4, 0.5) is 0 Å². The number of carbonyl (C=O) groups is 2. The van der Waals surface area contributed by atoms with Crippen molar-refractivity contribution in [1.29, 1.82) is 0 Å². The minimum absolute atomic E-state index is 0.0316. The SMILES string of the molecule is CC(C)CC(N[CH]c1ccccc1)=C1C(=O)CC(C)(C)CC1=O. The minimum atomic E-state index is -0.232. The fourth-order valence-electron chi connectivity index (χ4n) is 2.96. The molecule has 2 rings (SSSR count). The first-order valence-electron chi connectivity index (χ1n) is 8.23. The molecule has 23 heavy (non-hydrogen) atoms. The fraction of sp³-hybridized carbons (Fsp3) is 0.450. The molecule has 123 valence electrons. The van der Waals surface area contributed by atoms with Gasteiger partial charge in [-0.3, -0.25) is 9.59 Å². The molecule has 1 saturated carbocycles. The van der Waals surface area contributed by atoms with Crippen LogP contribution in [0.15, 0.2) is 41.6 Å². The molecule has 0 bridgehead atoms. The third kappa shape index (κ3) is 4.78. The highest BCUT2D eigenvalue weighted by Crippen LogP contribution is 2.35. The smallest absolute Gasteiger partial charge is 0.168 e. The zero-order valence-electron chi connectivity index (χ0n) is 14.5. The molecule has 0 aliphatic heterocycles. The Kier molecular flexibility index (Phi) is 5.40. The third-order valence-corrected chi connectivity index (χ3v) is 3.96. The van der Waals surface area contributed by atoms with Gasteiger partial charge in [0.1, 0.15) is 0 Å². The Morgan fingerprint density at radius 1 is 1.13 bits per heavy atom. The van der Waals surface area contributed by atoms with Crippen molar-refractivity contribution in [3.8, 4) is 0 Å². The molecule has 0 spiro atoms. The maximum Gasteiger partial charge on any atom is 0.168 e. The van der Waals surface area contributed by atoms with E-state index in [-0.39, 0.29) is 17.0 Å². The Morgan fingerprint density at radius 2 is 1.70 bits per heavy atom. The van der Waals surface area contributed by atoms with Gasteiger partial charge in [0.25, 0.3) is 0 Å². The van der Waals surface area contributed by atoms with E-state index in [1.54, 1.807) is 0 Å². The van der Waals surface area contributed by atoms with Crippen LogP contribution in [0.3, 0.4) is 0 Å². The van der Waals surface area contributed by atoms with Crippen molar-refractivity contribution in [2.24, 2.45) is 11.3 Å². The van der Waals surface area contributed by atoms with Gasteiger partial charge in [-0.25, -0.2) is 0 Å². The number of allylic oxidation sites excluding steroid dienone is 2. The highest BCUT2D eigenvalue weighted by molar-refractivity contribution is 6.22. The average Bonchev–Trinajstić information content (AvgIpc) is 2.43. The van der Waals surface area contributed by atoms with Gasteiger partial charge < -0.3 is 5.32 Å². The van der Waals surface area contributed by atoms with Crippen LogP contribution in [0, 0.1) is 17.9 Å². The third-order valence-electron chi connectivity index (χ3n) is 3.96. The molecule has 1 aromatic rings. The van der Waals surface area contributed by atoms with E-state index in [1.807, 2.05) is 50.7 Å². The summed E-state index contributed by atoms with van der Waals surface area (Å²) in [7, 11) is 0. The Hall–Kier alpha value is -1.90. The van der Waals surface area contributed by atoms with E-state index in [4.69, 9.17) is 0 Å². The Morgan fingerprint density at radius 3 is 2.22 bits per heavy atom. The molecule has 0 heterocycles. The van der Waals surface area contributed by atoms with Crippen LogP contribution in [-0.2, 0) is 9.59 Å². The van der Waals surface area contributed by atoms with Crippen LogP contribution in [0.5, 0.6) is 0 Å². The number of benzene rings is 1. The summed E-state index contributed by atoms with van der Waals surface area (Å²) in [6, 6.07) is 9.85. The van der Waals surface area contributed by atoms with Crippen molar-refractivity contribution in [2.45, 2.75) is 47.0 Å². The van der Waals surface area contributed by atoms with Crippen molar-refractivity contribution >= 4 is 11.6 Å². The second-order valence-electron chi connectivity index (χ2n) is 7.52. The molecule has 1 radical (unpaired) electrons. The second kappa shape index (κ2) is 7.12. The van der Waals surface area contributed by atoms with E-state index in [0.29, 0.717) is 30.8 Å². The molecule has 3 nitrogen and oxygen atoms in total. The lowest BCUT2D eigenvalue weighted by Crippen LogP contribution is -2.34. The lowest BCUT2D eigenvalue weighted by Gasteiger charge is -2.30. The molecule has 1 fully saturated rings. The topological polar surface area (TPSA) is 46.2 Å². The molecule has 0 amide bonds. The fourth-order valence-corrected chi connectivity index (χ4v) is 2.96. The van der Waals surface area contributed by atoms with Crippen LogP contribution < -0.4 is 5.32 Å². The van der Waals surface area contributed by atoms with Crippen molar-refractivity contribution in [3.63, 3.8) is 0 Å². The van der Waals surface area contributed by atoms with Crippen LogP contribution in [-0.4, -0.2) is 11.6 Å². The quantitative estimate of drug-likeness (QED) is 0.659. The van der Waals surface area contributed by atoms with Crippen molar-refractivity contribution in [2.75, 3.05) is 0 Å². The van der Waals surface area contributed by atoms with Gasteiger partial charge in [-0.2, -0.15) is 0 Å². The summed E-state index contributed by atoms with van der Waals surface area (Å²) >= 11 is 0. The zero-order chi connectivity index (χ0) is 17.0. The molecule has 1 aliphatic carbocycles. The molecule has 3 heteroatoms. The Labute approximate surface area is 139 Å². The molecule has 0 aromatic heterocycles. The number of hydrogen-bond acceptors (Lipinski definition) is 3. The predicted octanol–water partition coefficient (Wildman–Crippen LogP) is 4.04. The first-order chi connectivity index (χ1) is 10.8. The number of Topliss-reactive ketones (excluding diaryl/α,β-unsaturated/α-hetero) is 2. The molecule has 1 aromatic carbocycles. The summed E-state index contributed by atoms with van der Waals surface area (Å²) in [6.45, 7) is 10.0. The number of nitrogens with one attached hydrogen (secondary N) is 1. The van der Waals surface area contributed by atoms with Crippen molar-refractivity contribution in [3.05, 3.63) is 53.7 Å². The molecule has 1 aliphatic rings. The summed E-state index contributed by atoms with van der Waals surface area (Å²) in [6.07, 6.45) is 1.56. The molecule has 0 atom stereocenters. The molecular formula is C20H26NO2. The van der Waals surface area contributed by atoms with Gasteiger partial charge in [-0.1, -0.05) is 58.0 Å². The molecule has 0 unspecified atom stereocenters. The first kappa shape index (κ1) is 17.5. The minimum Gasteiger partial charge on any atom is -0.378 e. The summed E-state index contributed by atoms with van der Waals surface area (Å²) in [4.78, 5) is 25.0. The average molecular weight is 312 g/mol. The largest absolute Gasteiger partial charge is 0.378 e. The highest BCUT2D eigenvalue weighted by Gasteiger charge is 2.37. The number of carbonyl (C=O) groups excluding carboxylic acids is 2. The first-order valence-corrected chi connectivity index (χ1v) is 8.23. The van der Waals surface area contributed by atoms with Gasteiger partial charge >= 0.3 is 0 Å². The van der Waals surface area contributed by atoms with Crippen LogP contribution in [0.1, 0.15) is 52.5 Å². The lowest BCUT2D eigenvalue weighted by atomic mass is 9.73. The monoisotopic (exact) mass is 312 g/mol. The zero-order valence-corrected chi connectivity index (χ0v) is 14.5. The van der Waals surface area contributed by atoms with Crippen molar-refractivity contribution < 1.29 is 9.59 Å². The number of ketones is 2. The van der Waals surface area contributed by atoms with E-state index in [9.17, 15) is 9.59 Å². The molecule has 0 saturated heterocycles. The Balaban J connectivity index is 2.25. The maximum absolute atomic E-state index is 12.5. The van der Waals surface area contributed by atoms with E-state index in [0.717, 1.165) is 11.3 Å². The van der Waals surface area contributed by atoms with Crippen LogP contribution in [0.2, 0.25) is 0 Å². The summed E-state index contributed by atoms with van der Waals surface area (Å²) in [5.74, 6) is 0.302. The van der Waals surface area contributed by atoms with E-state index in [2.05, 4.69) is 19.2 Å². The summed E-state index contributed by atoms with van der Waals surface area (Å²) in [5.41, 5.74) is 1.92. The predicted molar refractivity (Wildman–Crippen MR) is 92.5 cm³/mol.